The number of rotatable bonds is 3. The van der Waals surface area contributed by atoms with Crippen LogP contribution < -0.4 is 5.73 Å². The van der Waals surface area contributed by atoms with Gasteiger partial charge in [0.1, 0.15) is 0 Å². The third-order valence-corrected chi connectivity index (χ3v) is 4.55. The molecule has 0 spiro atoms. The number of hydrogen-bond donors (Lipinski definition) is 1. The van der Waals surface area contributed by atoms with Gasteiger partial charge in [-0.05, 0) is 37.1 Å². The molecular formula is C12H16BrN2Si. The highest BCUT2D eigenvalue weighted by atomic mass is 79.9. The predicted octanol–water partition coefficient (Wildman–Crippen LogP) is 1.87. The van der Waals surface area contributed by atoms with E-state index < -0.39 is 0 Å². The molecule has 3 radical (unpaired) electrons. The van der Waals surface area contributed by atoms with Gasteiger partial charge in [-0.3, -0.25) is 4.90 Å². The fourth-order valence-electron chi connectivity index (χ4n) is 2.21. The molecule has 1 aliphatic rings. The van der Waals surface area contributed by atoms with Gasteiger partial charge in [0.2, 0.25) is 0 Å². The maximum atomic E-state index is 5.84. The summed E-state index contributed by atoms with van der Waals surface area (Å²) >= 11 is 3.45. The zero-order valence-electron chi connectivity index (χ0n) is 9.25. The summed E-state index contributed by atoms with van der Waals surface area (Å²) < 4.78 is 1.13. The van der Waals surface area contributed by atoms with Crippen molar-refractivity contribution in [3.8, 4) is 0 Å². The number of likely N-dealkylation sites (tertiary alicyclic amines) is 1. The zero-order valence-corrected chi connectivity index (χ0v) is 11.8. The molecule has 2 rings (SSSR count). The second kappa shape index (κ2) is 5.00. The summed E-state index contributed by atoms with van der Waals surface area (Å²) in [6.07, 6.45) is 2.36. The first kappa shape index (κ1) is 12.3. The molecule has 1 aliphatic heterocycles. The van der Waals surface area contributed by atoms with E-state index >= 15 is 0 Å². The Kier molecular flexibility index (Phi) is 3.84. The van der Waals surface area contributed by atoms with Crippen molar-refractivity contribution in [3.05, 3.63) is 34.3 Å². The molecule has 16 heavy (non-hydrogen) atoms. The van der Waals surface area contributed by atoms with Gasteiger partial charge < -0.3 is 5.73 Å². The summed E-state index contributed by atoms with van der Waals surface area (Å²) in [6.45, 7) is 2.76. The van der Waals surface area contributed by atoms with Crippen LogP contribution in [0.2, 0.25) is 0 Å². The van der Waals surface area contributed by atoms with Crippen LogP contribution in [-0.2, 0) is 6.54 Å². The Balaban J connectivity index is 2.07. The Labute approximate surface area is 109 Å². The van der Waals surface area contributed by atoms with Crippen LogP contribution in [-0.4, -0.2) is 33.4 Å². The average Bonchev–Trinajstić information content (AvgIpc) is 2.65. The van der Waals surface area contributed by atoms with Crippen LogP contribution in [0.25, 0.3) is 0 Å². The lowest BCUT2D eigenvalue weighted by Gasteiger charge is -2.34. The van der Waals surface area contributed by atoms with Crippen LogP contribution in [0.4, 0.5) is 0 Å². The molecule has 0 amide bonds. The number of hydrogen-bond acceptors (Lipinski definition) is 2. The van der Waals surface area contributed by atoms with Gasteiger partial charge in [-0.25, -0.2) is 0 Å². The first-order valence-electron chi connectivity index (χ1n) is 5.59. The van der Waals surface area contributed by atoms with E-state index in [4.69, 9.17) is 5.73 Å². The Hall–Kier alpha value is -0.163. The summed E-state index contributed by atoms with van der Waals surface area (Å²) in [6, 6.07) is 8.49. The van der Waals surface area contributed by atoms with Crippen LogP contribution in [0.15, 0.2) is 28.7 Å². The van der Waals surface area contributed by atoms with Crippen molar-refractivity contribution >= 4 is 26.2 Å². The average molecular weight is 296 g/mol. The van der Waals surface area contributed by atoms with Gasteiger partial charge in [0.25, 0.3) is 0 Å². The molecular weight excluding hydrogens is 280 g/mol. The van der Waals surface area contributed by atoms with E-state index in [1.54, 1.807) is 0 Å². The lowest BCUT2D eigenvalue weighted by Crippen LogP contribution is -2.49. The third-order valence-electron chi connectivity index (χ3n) is 3.25. The predicted molar refractivity (Wildman–Crippen MR) is 71.3 cm³/mol. The minimum Gasteiger partial charge on any atom is -0.329 e. The van der Waals surface area contributed by atoms with E-state index in [0.717, 1.165) is 24.0 Å². The molecule has 85 valence electrons. The minimum atomic E-state index is 0.00702. The van der Waals surface area contributed by atoms with Crippen LogP contribution in [0.3, 0.4) is 0 Å². The lowest BCUT2D eigenvalue weighted by molar-refractivity contribution is 0.214. The fourth-order valence-corrected chi connectivity index (χ4v) is 2.84. The van der Waals surface area contributed by atoms with Crippen LogP contribution in [0.1, 0.15) is 18.4 Å². The lowest BCUT2D eigenvalue weighted by atomic mass is 10.1. The van der Waals surface area contributed by atoms with Crippen molar-refractivity contribution in [1.29, 1.82) is 0 Å². The highest BCUT2D eigenvalue weighted by Gasteiger charge is 2.34. The normalized spacial score (nSPS) is 26.2. The molecule has 1 saturated heterocycles. The Morgan fingerprint density at radius 2 is 2.06 bits per heavy atom. The van der Waals surface area contributed by atoms with E-state index in [9.17, 15) is 0 Å². The molecule has 2 N–H and O–H groups in total. The fraction of sp³-hybridized carbons (Fsp3) is 0.500. The van der Waals surface area contributed by atoms with Gasteiger partial charge >= 0.3 is 0 Å². The maximum Gasteiger partial charge on any atom is 0.0545 e. The first-order valence-corrected chi connectivity index (χ1v) is 6.88. The van der Waals surface area contributed by atoms with Gasteiger partial charge in [-0.15, -0.1) is 0 Å². The molecule has 2 nitrogen and oxygen atoms in total. The molecule has 1 heterocycles. The molecule has 1 fully saturated rings. The van der Waals surface area contributed by atoms with E-state index in [-0.39, 0.29) is 5.16 Å². The summed E-state index contributed by atoms with van der Waals surface area (Å²) in [4.78, 5) is 2.42. The molecule has 0 saturated carbocycles. The topological polar surface area (TPSA) is 29.3 Å². The number of nitrogens with two attached hydrogens (primary N) is 1. The van der Waals surface area contributed by atoms with Crippen LogP contribution >= 0.6 is 15.9 Å². The van der Waals surface area contributed by atoms with E-state index in [2.05, 4.69) is 55.3 Å². The molecule has 1 aromatic carbocycles. The summed E-state index contributed by atoms with van der Waals surface area (Å²) in [5, 5.41) is 0.00702. The quantitative estimate of drug-likeness (QED) is 0.863. The molecule has 0 bridgehead atoms. The zero-order chi connectivity index (χ0) is 11.6. The van der Waals surface area contributed by atoms with Crippen molar-refractivity contribution in [2.24, 2.45) is 5.73 Å². The Bertz CT molecular complexity index is 355. The smallest absolute Gasteiger partial charge is 0.0545 e. The van der Waals surface area contributed by atoms with Gasteiger partial charge in [-0.2, -0.15) is 0 Å². The third kappa shape index (κ3) is 2.56. The Morgan fingerprint density at radius 1 is 1.38 bits per heavy atom. The Morgan fingerprint density at radius 3 is 2.69 bits per heavy atom. The molecule has 1 aromatic rings. The van der Waals surface area contributed by atoms with Gasteiger partial charge in [0, 0.05) is 22.7 Å². The second-order valence-electron chi connectivity index (χ2n) is 4.39. The molecule has 0 aromatic heterocycles. The van der Waals surface area contributed by atoms with Crippen LogP contribution in [0, 0.1) is 0 Å². The van der Waals surface area contributed by atoms with Crippen molar-refractivity contribution < 1.29 is 0 Å². The second-order valence-corrected chi connectivity index (χ2v) is 6.23. The number of halogens is 1. The monoisotopic (exact) mass is 295 g/mol. The van der Waals surface area contributed by atoms with E-state index in [1.165, 1.54) is 12.0 Å². The standard InChI is InChI=1S/C12H16BrN2Si/c13-11-4-2-10(3-5-11)8-15-7-1-6-12(15,16)9-14/h2-5H,1,6-9,14H2/t12-/m1/s1. The summed E-state index contributed by atoms with van der Waals surface area (Å²) in [5.74, 6) is 0. The molecule has 0 unspecified atom stereocenters. The highest BCUT2D eigenvalue weighted by molar-refractivity contribution is 9.10. The van der Waals surface area contributed by atoms with Crippen molar-refractivity contribution in [2.75, 3.05) is 13.1 Å². The first-order chi connectivity index (χ1) is 7.64. The summed E-state index contributed by atoms with van der Waals surface area (Å²) in [5.41, 5.74) is 7.17. The summed E-state index contributed by atoms with van der Waals surface area (Å²) in [7, 11) is 3.83. The number of benzene rings is 1. The van der Waals surface area contributed by atoms with Gasteiger partial charge in [0.05, 0.1) is 10.2 Å². The SMILES string of the molecule is NC[C@]1([Si])CCCN1Cc1ccc(Br)cc1. The molecule has 0 aliphatic carbocycles. The van der Waals surface area contributed by atoms with Crippen molar-refractivity contribution in [1.82, 2.24) is 4.90 Å². The van der Waals surface area contributed by atoms with Gasteiger partial charge in [0.15, 0.2) is 0 Å². The molecule has 1 atom stereocenters. The van der Waals surface area contributed by atoms with Crippen molar-refractivity contribution in [2.45, 2.75) is 24.5 Å². The van der Waals surface area contributed by atoms with Crippen LogP contribution in [0.5, 0.6) is 0 Å². The largest absolute Gasteiger partial charge is 0.329 e. The maximum absolute atomic E-state index is 5.84. The minimum absolute atomic E-state index is 0.00702. The van der Waals surface area contributed by atoms with E-state index in [0.29, 0.717) is 6.54 Å². The van der Waals surface area contributed by atoms with Gasteiger partial charge in [-0.1, -0.05) is 28.1 Å². The number of nitrogens with zero attached hydrogens (tertiary/aromatic N) is 1. The van der Waals surface area contributed by atoms with Crippen molar-refractivity contribution in [3.63, 3.8) is 0 Å². The van der Waals surface area contributed by atoms with E-state index in [1.807, 2.05) is 0 Å². The molecule has 4 heteroatoms. The highest BCUT2D eigenvalue weighted by Crippen LogP contribution is 2.27.